The highest BCUT2D eigenvalue weighted by Gasteiger charge is 2.50. The first-order valence-electron chi connectivity index (χ1n) is 5.84. The summed E-state index contributed by atoms with van der Waals surface area (Å²) in [4.78, 5) is 2.42. The van der Waals surface area contributed by atoms with Crippen molar-refractivity contribution < 1.29 is 0 Å². The molecular weight excluding hydrogens is 172 g/mol. The fourth-order valence-corrected chi connectivity index (χ4v) is 2.84. The molecule has 0 amide bonds. The van der Waals surface area contributed by atoms with E-state index >= 15 is 0 Å². The fourth-order valence-electron chi connectivity index (χ4n) is 2.84. The molecule has 1 saturated heterocycles. The molecule has 1 aliphatic carbocycles. The van der Waals surface area contributed by atoms with Crippen LogP contribution in [0.4, 0.5) is 0 Å². The monoisotopic (exact) mass is 192 g/mol. The molecule has 0 unspecified atom stereocenters. The smallest absolute Gasteiger partial charge is 0.109 e. The van der Waals surface area contributed by atoms with Crippen molar-refractivity contribution in [1.29, 1.82) is 5.26 Å². The summed E-state index contributed by atoms with van der Waals surface area (Å²) in [5, 5.41) is 9.30. The second-order valence-corrected chi connectivity index (χ2v) is 5.25. The van der Waals surface area contributed by atoms with Gasteiger partial charge in [-0.3, -0.25) is 4.90 Å². The molecule has 2 nitrogen and oxygen atoms in total. The lowest BCUT2D eigenvalue weighted by molar-refractivity contribution is 0.0161. The highest BCUT2D eigenvalue weighted by atomic mass is 15.2. The first-order valence-corrected chi connectivity index (χ1v) is 5.84. The predicted molar refractivity (Wildman–Crippen MR) is 56.7 cm³/mol. The Morgan fingerprint density at radius 2 is 1.86 bits per heavy atom. The number of nitriles is 1. The Labute approximate surface area is 86.9 Å². The van der Waals surface area contributed by atoms with Crippen molar-refractivity contribution in [3.8, 4) is 6.07 Å². The molecule has 1 saturated carbocycles. The van der Waals surface area contributed by atoms with E-state index in [-0.39, 0.29) is 5.54 Å². The first-order chi connectivity index (χ1) is 6.68. The fraction of sp³-hybridized carbons (Fsp3) is 0.917. The van der Waals surface area contributed by atoms with E-state index in [1.165, 1.54) is 12.8 Å². The Kier molecular flexibility index (Phi) is 2.53. The van der Waals surface area contributed by atoms with E-state index < -0.39 is 0 Å². The van der Waals surface area contributed by atoms with E-state index in [9.17, 15) is 5.26 Å². The van der Waals surface area contributed by atoms with Gasteiger partial charge in [-0.25, -0.2) is 0 Å². The van der Waals surface area contributed by atoms with Crippen molar-refractivity contribution in [3.63, 3.8) is 0 Å². The molecule has 0 bridgehead atoms. The Bertz CT molecular complexity index is 240. The second kappa shape index (κ2) is 3.55. The molecule has 0 N–H and O–H groups in total. The van der Waals surface area contributed by atoms with Crippen molar-refractivity contribution in [2.45, 2.75) is 45.1 Å². The van der Waals surface area contributed by atoms with Gasteiger partial charge in [0.25, 0.3) is 0 Å². The van der Waals surface area contributed by atoms with Crippen LogP contribution in [0.25, 0.3) is 0 Å². The van der Waals surface area contributed by atoms with Crippen LogP contribution in [-0.2, 0) is 0 Å². The third kappa shape index (κ3) is 1.44. The minimum absolute atomic E-state index is 0.0641. The van der Waals surface area contributed by atoms with Crippen LogP contribution < -0.4 is 0 Å². The van der Waals surface area contributed by atoms with E-state index in [2.05, 4.69) is 24.8 Å². The minimum Gasteiger partial charge on any atom is -0.286 e. The number of nitrogens with zero attached hydrogens (tertiary/aromatic N) is 2. The van der Waals surface area contributed by atoms with Crippen molar-refractivity contribution in [2.75, 3.05) is 13.1 Å². The quantitative estimate of drug-likeness (QED) is 0.672. The molecule has 14 heavy (non-hydrogen) atoms. The largest absolute Gasteiger partial charge is 0.286 e. The molecule has 0 aromatic heterocycles. The predicted octanol–water partition coefficient (Wildman–Crippen LogP) is 2.41. The summed E-state index contributed by atoms with van der Waals surface area (Å²) in [5.41, 5.74) is -0.0641. The maximum absolute atomic E-state index is 9.30. The average molecular weight is 192 g/mol. The molecule has 0 aromatic carbocycles. The molecule has 0 atom stereocenters. The van der Waals surface area contributed by atoms with Crippen molar-refractivity contribution in [3.05, 3.63) is 0 Å². The SMILES string of the molecule is CC(C)C1CC(C#N)(N2CCCC2)C1. The van der Waals surface area contributed by atoms with E-state index in [0.29, 0.717) is 0 Å². The molecule has 1 heterocycles. The lowest BCUT2D eigenvalue weighted by Gasteiger charge is -2.50. The van der Waals surface area contributed by atoms with Crippen LogP contribution in [0, 0.1) is 23.2 Å². The summed E-state index contributed by atoms with van der Waals surface area (Å²) >= 11 is 0. The van der Waals surface area contributed by atoms with E-state index in [0.717, 1.165) is 37.8 Å². The highest BCUT2D eigenvalue weighted by Crippen LogP contribution is 2.46. The molecule has 2 fully saturated rings. The average Bonchev–Trinajstić information content (AvgIpc) is 2.56. The van der Waals surface area contributed by atoms with Gasteiger partial charge in [0.2, 0.25) is 0 Å². The van der Waals surface area contributed by atoms with Crippen molar-refractivity contribution >= 4 is 0 Å². The lowest BCUT2D eigenvalue weighted by Crippen LogP contribution is -2.56. The molecule has 2 heteroatoms. The second-order valence-electron chi connectivity index (χ2n) is 5.25. The molecule has 2 aliphatic rings. The number of hydrogen-bond acceptors (Lipinski definition) is 2. The molecular formula is C12H20N2. The summed E-state index contributed by atoms with van der Waals surface area (Å²) in [6, 6.07) is 2.57. The van der Waals surface area contributed by atoms with E-state index in [4.69, 9.17) is 0 Å². The van der Waals surface area contributed by atoms with Gasteiger partial charge in [-0.1, -0.05) is 13.8 Å². The molecule has 78 valence electrons. The lowest BCUT2D eigenvalue weighted by atomic mass is 9.64. The topological polar surface area (TPSA) is 27.0 Å². The normalized spacial score (nSPS) is 38.3. The zero-order valence-electron chi connectivity index (χ0n) is 9.29. The van der Waals surface area contributed by atoms with Gasteiger partial charge >= 0.3 is 0 Å². The van der Waals surface area contributed by atoms with Gasteiger partial charge in [0.15, 0.2) is 0 Å². The van der Waals surface area contributed by atoms with Gasteiger partial charge < -0.3 is 0 Å². The van der Waals surface area contributed by atoms with Gasteiger partial charge in [0.1, 0.15) is 5.54 Å². The summed E-state index contributed by atoms with van der Waals surface area (Å²) in [5.74, 6) is 1.54. The summed E-state index contributed by atoms with van der Waals surface area (Å²) in [7, 11) is 0. The van der Waals surface area contributed by atoms with Crippen LogP contribution >= 0.6 is 0 Å². The number of rotatable bonds is 2. The van der Waals surface area contributed by atoms with E-state index in [1.54, 1.807) is 0 Å². The van der Waals surface area contributed by atoms with Crippen LogP contribution in [0.5, 0.6) is 0 Å². The summed E-state index contributed by atoms with van der Waals surface area (Å²) < 4.78 is 0. The third-order valence-corrected chi connectivity index (χ3v) is 4.06. The molecule has 0 aromatic rings. The molecule has 2 rings (SSSR count). The molecule has 0 spiro atoms. The van der Waals surface area contributed by atoms with E-state index in [1.807, 2.05) is 0 Å². The third-order valence-electron chi connectivity index (χ3n) is 4.06. The maximum Gasteiger partial charge on any atom is 0.109 e. The van der Waals surface area contributed by atoms with Gasteiger partial charge in [-0.2, -0.15) is 5.26 Å². The van der Waals surface area contributed by atoms with Crippen LogP contribution in [-0.4, -0.2) is 23.5 Å². The minimum atomic E-state index is -0.0641. The number of hydrogen-bond donors (Lipinski definition) is 0. The zero-order valence-corrected chi connectivity index (χ0v) is 9.29. The van der Waals surface area contributed by atoms with Crippen LogP contribution in [0.2, 0.25) is 0 Å². The van der Waals surface area contributed by atoms with Crippen LogP contribution in [0.3, 0.4) is 0 Å². The Morgan fingerprint density at radius 3 is 2.29 bits per heavy atom. The Morgan fingerprint density at radius 1 is 1.29 bits per heavy atom. The summed E-state index contributed by atoms with van der Waals surface area (Å²) in [6.45, 7) is 6.85. The summed E-state index contributed by atoms with van der Waals surface area (Å²) in [6.07, 6.45) is 4.80. The van der Waals surface area contributed by atoms with Crippen molar-refractivity contribution in [1.82, 2.24) is 4.90 Å². The molecule has 0 radical (unpaired) electrons. The Balaban J connectivity index is 1.98. The Hall–Kier alpha value is -0.550. The highest BCUT2D eigenvalue weighted by molar-refractivity contribution is 5.17. The van der Waals surface area contributed by atoms with Crippen molar-refractivity contribution in [2.24, 2.45) is 11.8 Å². The van der Waals surface area contributed by atoms with Gasteiger partial charge in [-0.05, 0) is 50.6 Å². The standard InChI is InChI=1S/C12H20N2/c1-10(2)11-7-12(8-11,9-13)14-5-3-4-6-14/h10-11H,3-8H2,1-2H3. The molecule has 1 aliphatic heterocycles. The van der Waals surface area contributed by atoms with Gasteiger partial charge in [-0.15, -0.1) is 0 Å². The van der Waals surface area contributed by atoms with Gasteiger partial charge in [0, 0.05) is 0 Å². The maximum atomic E-state index is 9.30. The first kappa shape index (κ1) is 9.98. The number of likely N-dealkylation sites (tertiary alicyclic amines) is 1. The van der Waals surface area contributed by atoms with Crippen LogP contribution in [0.1, 0.15) is 39.5 Å². The van der Waals surface area contributed by atoms with Crippen LogP contribution in [0.15, 0.2) is 0 Å². The van der Waals surface area contributed by atoms with Gasteiger partial charge in [0.05, 0.1) is 6.07 Å². The zero-order chi connectivity index (χ0) is 10.2.